The van der Waals surface area contributed by atoms with Crippen LogP contribution in [0.2, 0.25) is 0 Å². The number of hydrogen-bond donors (Lipinski definition) is 2. The van der Waals surface area contributed by atoms with Crippen LogP contribution in [0.5, 0.6) is 0 Å². The van der Waals surface area contributed by atoms with Crippen LogP contribution in [0.15, 0.2) is 30.3 Å². The van der Waals surface area contributed by atoms with Crippen molar-refractivity contribution in [2.24, 2.45) is 11.1 Å². The Hall–Kier alpha value is -1.39. The van der Waals surface area contributed by atoms with Crippen molar-refractivity contribution in [3.05, 3.63) is 35.9 Å². The van der Waals surface area contributed by atoms with Gasteiger partial charge in [0.05, 0.1) is 0 Å². The number of carbonyl (C=O) groups is 1. The zero-order chi connectivity index (χ0) is 15.1. The topological polar surface area (TPSA) is 64.4 Å². The summed E-state index contributed by atoms with van der Waals surface area (Å²) >= 11 is 0. The Labute approximate surface area is 127 Å². The third-order valence-electron chi connectivity index (χ3n) is 4.32. The van der Waals surface area contributed by atoms with E-state index in [2.05, 4.69) is 12.2 Å². The number of hydrogen-bond acceptors (Lipinski definition) is 3. The van der Waals surface area contributed by atoms with E-state index in [1.165, 1.54) is 0 Å². The lowest BCUT2D eigenvalue weighted by molar-refractivity contribution is -0.122. The van der Waals surface area contributed by atoms with Crippen molar-refractivity contribution in [1.82, 2.24) is 5.32 Å². The van der Waals surface area contributed by atoms with Crippen molar-refractivity contribution in [1.29, 1.82) is 0 Å². The van der Waals surface area contributed by atoms with Gasteiger partial charge in [0.15, 0.2) is 0 Å². The van der Waals surface area contributed by atoms with Crippen LogP contribution in [0.3, 0.4) is 0 Å². The molecule has 1 atom stereocenters. The van der Waals surface area contributed by atoms with E-state index in [0.717, 1.165) is 38.2 Å². The van der Waals surface area contributed by atoms with Crippen molar-refractivity contribution < 1.29 is 9.53 Å². The maximum atomic E-state index is 12.0. The minimum Gasteiger partial charge on any atom is -0.381 e. The Morgan fingerprint density at radius 1 is 1.33 bits per heavy atom. The largest absolute Gasteiger partial charge is 0.381 e. The first-order valence-electron chi connectivity index (χ1n) is 7.74. The van der Waals surface area contributed by atoms with Crippen molar-refractivity contribution in [2.75, 3.05) is 19.8 Å². The first-order valence-corrected chi connectivity index (χ1v) is 7.74. The number of nitrogens with two attached hydrogens (primary N) is 1. The second kappa shape index (κ2) is 7.57. The van der Waals surface area contributed by atoms with E-state index in [1.54, 1.807) is 0 Å². The van der Waals surface area contributed by atoms with Crippen LogP contribution in [-0.2, 0) is 9.53 Å². The number of nitrogens with one attached hydrogen (secondary N) is 1. The molecule has 0 bridgehead atoms. The van der Waals surface area contributed by atoms with E-state index in [9.17, 15) is 4.79 Å². The number of amides is 1. The summed E-state index contributed by atoms with van der Waals surface area (Å²) in [7, 11) is 0. The summed E-state index contributed by atoms with van der Waals surface area (Å²) in [5.41, 5.74) is 7.37. The van der Waals surface area contributed by atoms with Crippen LogP contribution in [-0.4, -0.2) is 25.7 Å². The summed E-state index contributed by atoms with van der Waals surface area (Å²) in [5, 5.41) is 3.05. The smallest absolute Gasteiger partial charge is 0.220 e. The molecule has 1 heterocycles. The van der Waals surface area contributed by atoms with Gasteiger partial charge in [0, 0.05) is 32.2 Å². The van der Waals surface area contributed by atoms with Gasteiger partial charge in [-0.1, -0.05) is 37.3 Å². The van der Waals surface area contributed by atoms with E-state index >= 15 is 0 Å². The van der Waals surface area contributed by atoms with Gasteiger partial charge in [-0.2, -0.15) is 0 Å². The van der Waals surface area contributed by atoms with Crippen molar-refractivity contribution >= 4 is 5.91 Å². The zero-order valence-corrected chi connectivity index (χ0v) is 12.8. The fourth-order valence-corrected chi connectivity index (χ4v) is 2.59. The van der Waals surface area contributed by atoms with E-state index in [4.69, 9.17) is 10.5 Å². The maximum absolute atomic E-state index is 12.0. The normalized spacial score (nSPS) is 19.0. The summed E-state index contributed by atoms with van der Waals surface area (Å²) in [6.07, 6.45) is 3.17. The van der Waals surface area contributed by atoms with E-state index in [0.29, 0.717) is 12.8 Å². The standard InChI is InChI=1S/C17H26N2O2/c1-17(9-11-21-12-10-17)13-19-16(20)8-7-15(18)14-5-3-2-4-6-14/h2-6,15H,7-13,18H2,1H3,(H,19,20). The van der Waals surface area contributed by atoms with Gasteiger partial charge in [0.25, 0.3) is 0 Å². The highest BCUT2D eigenvalue weighted by molar-refractivity contribution is 5.75. The monoisotopic (exact) mass is 290 g/mol. The van der Waals surface area contributed by atoms with Gasteiger partial charge in [0.1, 0.15) is 0 Å². The molecular weight excluding hydrogens is 264 g/mol. The third-order valence-corrected chi connectivity index (χ3v) is 4.32. The van der Waals surface area contributed by atoms with Crippen LogP contribution in [0.4, 0.5) is 0 Å². The number of carbonyl (C=O) groups excluding carboxylic acids is 1. The minimum atomic E-state index is -0.0735. The SMILES string of the molecule is CC1(CNC(=O)CCC(N)c2ccccc2)CCOCC1. The average Bonchev–Trinajstić information content (AvgIpc) is 2.52. The molecular formula is C17H26N2O2. The van der Waals surface area contributed by atoms with E-state index in [-0.39, 0.29) is 17.4 Å². The molecule has 1 fully saturated rings. The second-order valence-electron chi connectivity index (χ2n) is 6.26. The molecule has 0 aliphatic carbocycles. The zero-order valence-electron chi connectivity index (χ0n) is 12.8. The van der Waals surface area contributed by atoms with Gasteiger partial charge < -0.3 is 15.8 Å². The number of benzene rings is 1. The molecule has 21 heavy (non-hydrogen) atoms. The summed E-state index contributed by atoms with van der Waals surface area (Å²) < 4.78 is 5.37. The highest BCUT2D eigenvalue weighted by Gasteiger charge is 2.27. The molecule has 0 radical (unpaired) electrons. The van der Waals surface area contributed by atoms with Gasteiger partial charge in [-0.3, -0.25) is 4.79 Å². The van der Waals surface area contributed by atoms with Gasteiger partial charge in [-0.05, 0) is 30.2 Å². The van der Waals surface area contributed by atoms with Crippen LogP contribution < -0.4 is 11.1 Å². The Bertz CT molecular complexity index is 441. The van der Waals surface area contributed by atoms with Crippen molar-refractivity contribution in [3.63, 3.8) is 0 Å². The average molecular weight is 290 g/mol. The molecule has 116 valence electrons. The summed E-state index contributed by atoms with van der Waals surface area (Å²) in [6.45, 7) is 4.54. The predicted molar refractivity (Wildman–Crippen MR) is 83.8 cm³/mol. The van der Waals surface area contributed by atoms with E-state index < -0.39 is 0 Å². The van der Waals surface area contributed by atoms with Gasteiger partial charge in [-0.15, -0.1) is 0 Å². The molecule has 4 nitrogen and oxygen atoms in total. The Morgan fingerprint density at radius 3 is 2.67 bits per heavy atom. The Kier molecular flexibility index (Phi) is 5.76. The lowest BCUT2D eigenvalue weighted by Gasteiger charge is -2.33. The fourth-order valence-electron chi connectivity index (χ4n) is 2.59. The van der Waals surface area contributed by atoms with E-state index in [1.807, 2.05) is 30.3 Å². The molecule has 1 unspecified atom stereocenters. The molecule has 2 rings (SSSR count). The predicted octanol–water partition coefficient (Wildman–Crippen LogP) is 2.40. The Balaban J connectivity index is 1.70. The van der Waals surface area contributed by atoms with Crippen LogP contribution in [0, 0.1) is 5.41 Å². The highest BCUT2D eigenvalue weighted by atomic mass is 16.5. The minimum absolute atomic E-state index is 0.0735. The molecule has 0 aromatic heterocycles. The molecule has 0 spiro atoms. The Morgan fingerprint density at radius 2 is 2.00 bits per heavy atom. The summed E-state index contributed by atoms with van der Waals surface area (Å²) in [5.74, 6) is 0.0918. The fraction of sp³-hybridized carbons (Fsp3) is 0.588. The lowest BCUT2D eigenvalue weighted by Crippen LogP contribution is -2.39. The molecule has 0 saturated carbocycles. The molecule has 1 saturated heterocycles. The highest BCUT2D eigenvalue weighted by Crippen LogP contribution is 2.28. The van der Waals surface area contributed by atoms with Gasteiger partial charge >= 0.3 is 0 Å². The quantitative estimate of drug-likeness (QED) is 0.845. The van der Waals surface area contributed by atoms with Crippen LogP contribution >= 0.6 is 0 Å². The summed E-state index contributed by atoms with van der Waals surface area (Å²) in [6, 6.07) is 9.85. The van der Waals surface area contributed by atoms with Crippen molar-refractivity contribution in [3.8, 4) is 0 Å². The first kappa shape index (κ1) is 16.0. The van der Waals surface area contributed by atoms with Crippen LogP contribution in [0.1, 0.15) is 44.2 Å². The summed E-state index contributed by atoms with van der Waals surface area (Å²) in [4.78, 5) is 12.0. The molecule has 1 aromatic carbocycles. The van der Waals surface area contributed by atoms with Crippen molar-refractivity contribution in [2.45, 2.75) is 38.6 Å². The first-order chi connectivity index (χ1) is 10.1. The lowest BCUT2D eigenvalue weighted by atomic mass is 9.82. The number of ether oxygens (including phenoxy) is 1. The second-order valence-corrected chi connectivity index (χ2v) is 6.26. The third kappa shape index (κ3) is 5.14. The maximum Gasteiger partial charge on any atom is 0.220 e. The molecule has 1 amide bonds. The van der Waals surface area contributed by atoms with Crippen LogP contribution in [0.25, 0.3) is 0 Å². The van der Waals surface area contributed by atoms with Gasteiger partial charge in [-0.25, -0.2) is 0 Å². The van der Waals surface area contributed by atoms with Gasteiger partial charge in [0.2, 0.25) is 5.91 Å². The molecule has 1 aromatic rings. The molecule has 4 heteroatoms. The molecule has 3 N–H and O–H groups in total. The number of rotatable bonds is 6. The molecule has 1 aliphatic heterocycles. The molecule has 1 aliphatic rings.